The van der Waals surface area contributed by atoms with Gasteiger partial charge in [0.05, 0.1) is 0 Å². The SMILES string of the molecule is CN(C)CCCCNc1cc(=O)[nH]c(C2CC2)n1. The van der Waals surface area contributed by atoms with E-state index in [2.05, 4.69) is 34.3 Å². The van der Waals surface area contributed by atoms with Crippen LogP contribution in [-0.4, -0.2) is 42.1 Å². The van der Waals surface area contributed by atoms with Gasteiger partial charge < -0.3 is 15.2 Å². The van der Waals surface area contributed by atoms with Crippen LogP contribution in [0.2, 0.25) is 0 Å². The average molecular weight is 250 g/mol. The molecule has 5 nitrogen and oxygen atoms in total. The Morgan fingerprint density at radius 2 is 2.22 bits per heavy atom. The first-order valence-electron chi connectivity index (χ1n) is 6.65. The molecule has 2 rings (SSSR count). The summed E-state index contributed by atoms with van der Waals surface area (Å²) in [7, 11) is 4.15. The lowest BCUT2D eigenvalue weighted by atomic mass is 10.3. The number of hydrogen-bond donors (Lipinski definition) is 2. The molecule has 1 aliphatic carbocycles. The van der Waals surface area contributed by atoms with Crippen LogP contribution in [0.25, 0.3) is 0 Å². The van der Waals surface area contributed by atoms with Gasteiger partial charge in [0.1, 0.15) is 11.6 Å². The van der Waals surface area contributed by atoms with Crippen molar-refractivity contribution in [3.8, 4) is 0 Å². The number of nitrogens with zero attached hydrogens (tertiary/aromatic N) is 2. The molecule has 100 valence electrons. The quantitative estimate of drug-likeness (QED) is 0.718. The van der Waals surface area contributed by atoms with Crippen molar-refractivity contribution in [2.24, 2.45) is 0 Å². The number of hydrogen-bond acceptors (Lipinski definition) is 4. The lowest BCUT2D eigenvalue weighted by Crippen LogP contribution is -2.16. The topological polar surface area (TPSA) is 61.0 Å². The second kappa shape index (κ2) is 6.00. The summed E-state index contributed by atoms with van der Waals surface area (Å²) in [6.07, 6.45) is 4.54. The first kappa shape index (κ1) is 13.1. The van der Waals surface area contributed by atoms with Crippen LogP contribution in [0.1, 0.15) is 37.4 Å². The third-order valence-electron chi connectivity index (χ3n) is 3.06. The molecule has 0 saturated heterocycles. The van der Waals surface area contributed by atoms with Gasteiger partial charge >= 0.3 is 0 Å². The molecule has 18 heavy (non-hydrogen) atoms. The summed E-state index contributed by atoms with van der Waals surface area (Å²) in [4.78, 5) is 20.9. The zero-order chi connectivity index (χ0) is 13.0. The Morgan fingerprint density at radius 3 is 2.89 bits per heavy atom. The molecule has 0 radical (unpaired) electrons. The summed E-state index contributed by atoms with van der Waals surface area (Å²) < 4.78 is 0. The van der Waals surface area contributed by atoms with Crippen molar-refractivity contribution < 1.29 is 0 Å². The largest absolute Gasteiger partial charge is 0.370 e. The van der Waals surface area contributed by atoms with Crippen molar-refractivity contribution >= 4 is 5.82 Å². The van der Waals surface area contributed by atoms with Gasteiger partial charge in [-0.2, -0.15) is 0 Å². The molecule has 5 heteroatoms. The molecule has 0 bridgehead atoms. The van der Waals surface area contributed by atoms with Gasteiger partial charge in [0.25, 0.3) is 5.56 Å². The summed E-state index contributed by atoms with van der Waals surface area (Å²) in [6, 6.07) is 1.54. The Kier molecular flexibility index (Phi) is 4.36. The molecular weight excluding hydrogens is 228 g/mol. The number of aromatic amines is 1. The lowest BCUT2D eigenvalue weighted by Gasteiger charge is -2.10. The monoisotopic (exact) mass is 250 g/mol. The van der Waals surface area contributed by atoms with E-state index in [1.165, 1.54) is 6.07 Å². The normalized spacial score (nSPS) is 15.1. The van der Waals surface area contributed by atoms with Crippen LogP contribution in [-0.2, 0) is 0 Å². The van der Waals surface area contributed by atoms with Gasteiger partial charge in [-0.3, -0.25) is 4.79 Å². The van der Waals surface area contributed by atoms with Crippen LogP contribution in [0.5, 0.6) is 0 Å². The van der Waals surface area contributed by atoms with Gasteiger partial charge in [-0.1, -0.05) is 0 Å². The summed E-state index contributed by atoms with van der Waals surface area (Å²) in [5.41, 5.74) is -0.0531. The predicted octanol–water partition coefficient (Wildman–Crippen LogP) is 1.40. The van der Waals surface area contributed by atoms with E-state index in [1.807, 2.05) is 0 Å². The Morgan fingerprint density at radius 1 is 1.44 bits per heavy atom. The molecule has 2 N–H and O–H groups in total. The second-order valence-electron chi connectivity index (χ2n) is 5.23. The molecule has 1 heterocycles. The number of unbranched alkanes of at least 4 members (excludes halogenated alkanes) is 1. The lowest BCUT2D eigenvalue weighted by molar-refractivity contribution is 0.396. The van der Waals surface area contributed by atoms with Crippen LogP contribution in [0.15, 0.2) is 10.9 Å². The maximum Gasteiger partial charge on any atom is 0.252 e. The van der Waals surface area contributed by atoms with E-state index >= 15 is 0 Å². The van der Waals surface area contributed by atoms with Crippen molar-refractivity contribution in [1.29, 1.82) is 0 Å². The van der Waals surface area contributed by atoms with Gasteiger partial charge in [-0.25, -0.2) is 4.98 Å². The third kappa shape index (κ3) is 4.14. The summed E-state index contributed by atoms with van der Waals surface area (Å²) in [5, 5.41) is 3.23. The van der Waals surface area contributed by atoms with Gasteiger partial charge in [0.2, 0.25) is 0 Å². The first-order chi connectivity index (χ1) is 8.65. The number of aromatic nitrogens is 2. The molecule has 0 aromatic carbocycles. The van der Waals surface area contributed by atoms with E-state index in [4.69, 9.17) is 0 Å². The molecular formula is C13H22N4O. The fourth-order valence-electron chi connectivity index (χ4n) is 1.89. The standard InChI is InChI=1S/C13H22N4O/c1-17(2)8-4-3-7-14-11-9-12(18)16-13(15-11)10-5-6-10/h9-10H,3-8H2,1-2H3,(H2,14,15,16,18). The van der Waals surface area contributed by atoms with E-state index < -0.39 is 0 Å². The minimum Gasteiger partial charge on any atom is -0.370 e. The predicted molar refractivity (Wildman–Crippen MR) is 73.1 cm³/mol. The second-order valence-corrected chi connectivity index (χ2v) is 5.23. The average Bonchev–Trinajstić information content (AvgIpc) is 3.11. The van der Waals surface area contributed by atoms with E-state index in [1.54, 1.807) is 0 Å². The molecule has 0 spiro atoms. The molecule has 1 aromatic heterocycles. The number of anilines is 1. The molecule has 1 aromatic rings. The third-order valence-corrected chi connectivity index (χ3v) is 3.06. The van der Waals surface area contributed by atoms with Crippen molar-refractivity contribution in [3.63, 3.8) is 0 Å². The van der Waals surface area contributed by atoms with E-state index in [0.717, 1.165) is 44.6 Å². The van der Waals surface area contributed by atoms with Gasteiger partial charge in [-0.15, -0.1) is 0 Å². The molecule has 0 aliphatic heterocycles. The summed E-state index contributed by atoms with van der Waals surface area (Å²) >= 11 is 0. The van der Waals surface area contributed by atoms with Gasteiger partial charge in [0, 0.05) is 18.5 Å². The van der Waals surface area contributed by atoms with Crippen molar-refractivity contribution in [3.05, 3.63) is 22.2 Å². The van der Waals surface area contributed by atoms with E-state index in [9.17, 15) is 4.79 Å². The highest BCUT2D eigenvalue weighted by molar-refractivity contribution is 5.33. The first-order valence-corrected chi connectivity index (χ1v) is 6.65. The van der Waals surface area contributed by atoms with Crippen molar-refractivity contribution in [2.75, 3.05) is 32.5 Å². The Bertz CT molecular complexity index is 437. The number of rotatable bonds is 7. The van der Waals surface area contributed by atoms with Crippen molar-refractivity contribution in [1.82, 2.24) is 14.9 Å². The van der Waals surface area contributed by atoms with Crippen LogP contribution in [0.3, 0.4) is 0 Å². The molecule has 0 atom stereocenters. The van der Waals surface area contributed by atoms with E-state index in [0.29, 0.717) is 11.7 Å². The summed E-state index contributed by atoms with van der Waals surface area (Å²) in [6.45, 7) is 1.96. The zero-order valence-corrected chi connectivity index (χ0v) is 11.2. The highest BCUT2D eigenvalue weighted by atomic mass is 16.1. The van der Waals surface area contributed by atoms with Gasteiger partial charge in [-0.05, 0) is 46.3 Å². The minimum absolute atomic E-state index is 0.0531. The fourth-order valence-corrected chi connectivity index (χ4v) is 1.89. The van der Waals surface area contributed by atoms with Crippen LogP contribution in [0, 0.1) is 0 Å². The Hall–Kier alpha value is -1.36. The minimum atomic E-state index is -0.0531. The smallest absolute Gasteiger partial charge is 0.252 e. The molecule has 0 unspecified atom stereocenters. The maximum absolute atomic E-state index is 11.5. The highest BCUT2D eigenvalue weighted by Crippen LogP contribution is 2.37. The molecule has 0 amide bonds. The molecule has 1 fully saturated rings. The van der Waals surface area contributed by atoms with Crippen LogP contribution < -0.4 is 10.9 Å². The summed E-state index contributed by atoms with van der Waals surface area (Å²) in [5.74, 6) is 2.04. The zero-order valence-electron chi connectivity index (χ0n) is 11.2. The number of H-pyrrole nitrogens is 1. The molecule has 1 saturated carbocycles. The van der Waals surface area contributed by atoms with Crippen molar-refractivity contribution in [2.45, 2.75) is 31.6 Å². The highest BCUT2D eigenvalue weighted by Gasteiger charge is 2.26. The van der Waals surface area contributed by atoms with Crippen LogP contribution >= 0.6 is 0 Å². The Labute approximate surface area is 108 Å². The van der Waals surface area contributed by atoms with Crippen LogP contribution in [0.4, 0.5) is 5.82 Å². The maximum atomic E-state index is 11.5. The molecule has 1 aliphatic rings. The van der Waals surface area contributed by atoms with E-state index in [-0.39, 0.29) is 5.56 Å². The number of nitrogens with one attached hydrogen (secondary N) is 2. The Balaban J connectivity index is 1.80. The van der Waals surface area contributed by atoms with Gasteiger partial charge in [0.15, 0.2) is 0 Å². The fraction of sp³-hybridized carbons (Fsp3) is 0.692.